The first-order valence-corrected chi connectivity index (χ1v) is 14.5. The molecule has 212 valence electrons. The van der Waals surface area contributed by atoms with E-state index in [9.17, 15) is 18.4 Å². The summed E-state index contributed by atoms with van der Waals surface area (Å²) in [6.45, 7) is 1.80. The Balaban J connectivity index is 1.03. The molecule has 3 heterocycles. The van der Waals surface area contributed by atoms with E-state index in [2.05, 4.69) is 39.3 Å². The predicted molar refractivity (Wildman–Crippen MR) is 151 cm³/mol. The Hall–Kier alpha value is -4.32. The molecule has 0 N–H and O–H groups in total. The monoisotopic (exact) mass is 568 g/mol. The number of allylic oxidation sites excluding steroid dienone is 1. The van der Waals surface area contributed by atoms with Crippen LogP contribution in [0.5, 0.6) is 5.75 Å². The number of hydrogen-bond donors (Lipinski definition) is 0. The van der Waals surface area contributed by atoms with Crippen LogP contribution in [0.4, 0.5) is 18.9 Å². The van der Waals surface area contributed by atoms with Crippen molar-refractivity contribution in [2.45, 2.75) is 43.9 Å². The maximum Gasteiger partial charge on any atom is 0.417 e. The van der Waals surface area contributed by atoms with Crippen LogP contribution in [-0.4, -0.2) is 29.3 Å². The number of ether oxygens (including phenoxy) is 1. The molecule has 9 heteroatoms. The molecule has 3 aliphatic carbocycles. The summed E-state index contributed by atoms with van der Waals surface area (Å²) < 4.78 is 53.1. The highest BCUT2D eigenvalue weighted by atomic mass is 19.4. The summed E-state index contributed by atoms with van der Waals surface area (Å²) >= 11 is 0. The van der Waals surface area contributed by atoms with E-state index < -0.39 is 11.7 Å². The van der Waals surface area contributed by atoms with E-state index in [-0.39, 0.29) is 23.3 Å². The number of hydrogen-bond acceptors (Lipinski definition) is 6. The van der Waals surface area contributed by atoms with Gasteiger partial charge in [0.15, 0.2) is 0 Å². The molecule has 4 aliphatic rings. The first-order valence-electron chi connectivity index (χ1n) is 14.5. The minimum atomic E-state index is -4.48. The number of rotatable bonds is 7. The van der Waals surface area contributed by atoms with E-state index in [4.69, 9.17) is 9.26 Å². The van der Waals surface area contributed by atoms with Gasteiger partial charge >= 0.3 is 6.18 Å². The van der Waals surface area contributed by atoms with E-state index in [0.717, 1.165) is 61.4 Å². The molecule has 8 rings (SSSR count). The third-order valence-electron chi connectivity index (χ3n) is 8.99. The standard InChI is InChI=1S/C33H27F3N4O2/c34-33(35,36)28-4-2-1-3-23(28)31-24(32(42-39-31)18-5-6-18)11-10-22-26-16-40(17-27(22)26)20-7-12-29-25(14-20)30(41-21-8-9-21)13-19(15-37)38-29/h1-4,7,10-14,18,21-22,26-27H,5-6,8-9,16-17H2. The lowest BCUT2D eigenvalue weighted by molar-refractivity contribution is -0.137. The van der Waals surface area contributed by atoms with Gasteiger partial charge in [-0.05, 0) is 67.7 Å². The molecule has 6 nitrogen and oxygen atoms in total. The average Bonchev–Trinajstić information content (AvgIpc) is 3.96. The molecule has 3 saturated carbocycles. The number of alkyl halides is 3. The van der Waals surface area contributed by atoms with Gasteiger partial charge in [-0.1, -0.05) is 35.5 Å². The van der Waals surface area contributed by atoms with Gasteiger partial charge in [0.1, 0.15) is 29.0 Å². The number of anilines is 1. The minimum Gasteiger partial charge on any atom is -0.490 e. The Kier molecular flexibility index (Phi) is 5.65. The summed E-state index contributed by atoms with van der Waals surface area (Å²) in [5, 5.41) is 14.4. The van der Waals surface area contributed by atoms with Gasteiger partial charge in [0.05, 0.1) is 17.2 Å². The van der Waals surface area contributed by atoms with Crippen LogP contribution in [0.15, 0.2) is 59.1 Å². The molecule has 4 fully saturated rings. The normalized spacial score (nSPS) is 23.4. The van der Waals surface area contributed by atoms with Crippen LogP contribution in [-0.2, 0) is 6.18 Å². The molecule has 2 atom stereocenters. The quantitative estimate of drug-likeness (QED) is 0.229. The Morgan fingerprint density at radius 2 is 1.81 bits per heavy atom. The van der Waals surface area contributed by atoms with Crippen LogP contribution in [0, 0.1) is 29.1 Å². The van der Waals surface area contributed by atoms with Gasteiger partial charge in [-0.15, -0.1) is 0 Å². The van der Waals surface area contributed by atoms with Crippen LogP contribution in [0.2, 0.25) is 0 Å². The molecule has 0 spiro atoms. The first kappa shape index (κ1) is 25.4. The molecule has 2 aromatic heterocycles. The number of pyridine rings is 1. The molecular formula is C33H27F3N4O2. The van der Waals surface area contributed by atoms with Crippen LogP contribution in [0.25, 0.3) is 28.2 Å². The van der Waals surface area contributed by atoms with E-state index >= 15 is 0 Å². The second-order valence-electron chi connectivity index (χ2n) is 11.9. The zero-order valence-electron chi connectivity index (χ0n) is 22.6. The summed E-state index contributed by atoms with van der Waals surface area (Å²) in [5.41, 5.74) is 2.51. The second-order valence-corrected chi connectivity index (χ2v) is 11.9. The van der Waals surface area contributed by atoms with Crippen molar-refractivity contribution in [2.24, 2.45) is 17.8 Å². The maximum atomic E-state index is 13.8. The lowest BCUT2D eigenvalue weighted by Crippen LogP contribution is -2.23. The SMILES string of the molecule is N#Cc1cc(OC2CC2)c2cc(N3CC4C(C=Cc5c(-c6ccccc6C(F)(F)F)noc5C5CC5)C4C3)ccc2n1. The van der Waals surface area contributed by atoms with Gasteiger partial charge in [0.25, 0.3) is 0 Å². The molecule has 0 bridgehead atoms. The summed E-state index contributed by atoms with van der Waals surface area (Å²) in [5.74, 6) is 2.96. The van der Waals surface area contributed by atoms with Crippen LogP contribution >= 0.6 is 0 Å². The number of aromatic nitrogens is 2. The maximum absolute atomic E-state index is 13.8. The highest BCUT2D eigenvalue weighted by molar-refractivity contribution is 5.89. The summed E-state index contributed by atoms with van der Waals surface area (Å²) in [4.78, 5) is 6.84. The second kappa shape index (κ2) is 9.35. The van der Waals surface area contributed by atoms with Crippen LogP contribution in [0.3, 0.4) is 0 Å². The van der Waals surface area contributed by atoms with Crippen molar-refractivity contribution in [1.29, 1.82) is 5.26 Å². The fraction of sp³-hybridized carbons (Fsp3) is 0.364. The first-order chi connectivity index (χ1) is 20.4. The van der Waals surface area contributed by atoms with Gasteiger partial charge < -0.3 is 14.2 Å². The van der Waals surface area contributed by atoms with E-state index in [0.29, 0.717) is 40.5 Å². The molecule has 2 unspecified atom stereocenters. The summed E-state index contributed by atoms with van der Waals surface area (Å²) in [7, 11) is 0. The third kappa shape index (κ3) is 4.50. The Labute approximate surface area is 240 Å². The van der Waals surface area contributed by atoms with Gasteiger partial charge in [0.2, 0.25) is 0 Å². The van der Waals surface area contributed by atoms with Gasteiger partial charge in [-0.25, -0.2) is 4.98 Å². The van der Waals surface area contributed by atoms with Crippen molar-refractivity contribution >= 4 is 22.7 Å². The zero-order chi connectivity index (χ0) is 28.6. The lowest BCUT2D eigenvalue weighted by atomic mass is 9.98. The molecule has 1 saturated heterocycles. The van der Waals surface area contributed by atoms with Crippen molar-refractivity contribution in [3.63, 3.8) is 0 Å². The molecule has 1 aliphatic heterocycles. The predicted octanol–water partition coefficient (Wildman–Crippen LogP) is 7.59. The fourth-order valence-electron chi connectivity index (χ4n) is 6.42. The fourth-order valence-corrected chi connectivity index (χ4v) is 6.42. The van der Waals surface area contributed by atoms with Crippen molar-refractivity contribution in [1.82, 2.24) is 10.1 Å². The molecule has 0 radical (unpaired) electrons. The molecular weight excluding hydrogens is 541 g/mol. The highest BCUT2D eigenvalue weighted by Crippen LogP contribution is 2.54. The smallest absolute Gasteiger partial charge is 0.417 e. The molecule has 4 aromatic rings. The number of nitrogens with zero attached hydrogens (tertiary/aromatic N) is 4. The van der Waals surface area contributed by atoms with Crippen molar-refractivity contribution < 1.29 is 22.4 Å². The van der Waals surface area contributed by atoms with E-state index in [1.54, 1.807) is 12.1 Å². The van der Waals surface area contributed by atoms with Crippen molar-refractivity contribution in [2.75, 3.05) is 18.0 Å². The Morgan fingerprint density at radius 1 is 1.02 bits per heavy atom. The van der Waals surface area contributed by atoms with Crippen molar-refractivity contribution in [3.05, 3.63) is 77.2 Å². The van der Waals surface area contributed by atoms with Crippen LogP contribution in [0.1, 0.15) is 54.2 Å². The van der Waals surface area contributed by atoms with Crippen LogP contribution < -0.4 is 9.64 Å². The zero-order valence-corrected chi connectivity index (χ0v) is 22.6. The summed E-state index contributed by atoms with van der Waals surface area (Å²) in [6.07, 6.45) is 3.84. The van der Waals surface area contributed by atoms with Gasteiger partial charge in [-0.2, -0.15) is 18.4 Å². The lowest BCUT2D eigenvalue weighted by Gasteiger charge is -2.22. The number of piperidine rings is 1. The van der Waals surface area contributed by atoms with E-state index in [1.807, 2.05) is 12.1 Å². The number of fused-ring (bicyclic) bond motifs is 2. The molecule has 0 amide bonds. The summed E-state index contributed by atoms with van der Waals surface area (Å²) in [6, 6.07) is 15.6. The van der Waals surface area contributed by atoms with E-state index in [1.165, 1.54) is 12.1 Å². The highest BCUT2D eigenvalue weighted by Gasteiger charge is 2.54. The van der Waals surface area contributed by atoms with Crippen molar-refractivity contribution in [3.8, 4) is 23.1 Å². The van der Waals surface area contributed by atoms with Gasteiger partial charge in [0, 0.05) is 47.3 Å². The number of halogens is 3. The Morgan fingerprint density at radius 3 is 2.52 bits per heavy atom. The van der Waals surface area contributed by atoms with Gasteiger partial charge in [-0.3, -0.25) is 0 Å². The Bertz CT molecular complexity index is 1770. The minimum absolute atomic E-state index is 0.0557. The number of benzene rings is 2. The number of nitriles is 1. The largest absolute Gasteiger partial charge is 0.490 e. The molecule has 42 heavy (non-hydrogen) atoms. The topological polar surface area (TPSA) is 75.2 Å². The average molecular weight is 569 g/mol. The molecule has 2 aromatic carbocycles. The third-order valence-corrected chi connectivity index (χ3v) is 8.99.